The van der Waals surface area contributed by atoms with Crippen molar-refractivity contribution in [3.8, 4) is 0 Å². The maximum absolute atomic E-state index is 12.4. The van der Waals surface area contributed by atoms with Gasteiger partial charge >= 0.3 is 0 Å². The summed E-state index contributed by atoms with van der Waals surface area (Å²) in [5, 5.41) is 15.5. The molecule has 3 heterocycles. The second-order valence-corrected chi connectivity index (χ2v) is 6.97. The van der Waals surface area contributed by atoms with Gasteiger partial charge in [-0.1, -0.05) is 30.3 Å². The lowest BCUT2D eigenvalue weighted by molar-refractivity contribution is -0.125. The van der Waals surface area contributed by atoms with Crippen LogP contribution in [0.1, 0.15) is 24.8 Å². The summed E-state index contributed by atoms with van der Waals surface area (Å²) in [7, 11) is 0. The van der Waals surface area contributed by atoms with Crippen LogP contribution in [0.25, 0.3) is 5.65 Å². The smallest absolute Gasteiger partial charge is 0.223 e. The minimum Gasteiger partial charge on any atom is -0.356 e. The second-order valence-electron chi connectivity index (χ2n) is 6.97. The van der Waals surface area contributed by atoms with E-state index in [0.29, 0.717) is 0 Å². The van der Waals surface area contributed by atoms with Crippen molar-refractivity contribution in [3.05, 3.63) is 54.4 Å². The van der Waals surface area contributed by atoms with Gasteiger partial charge in [0, 0.05) is 25.6 Å². The van der Waals surface area contributed by atoms with Crippen LogP contribution in [0.4, 0.5) is 5.82 Å². The summed E-state index contributed by atoms with van der Waals surface area (Å²) in [5.41, 5.74) is 2.06. The first-order valence-corrected chi connectivity index (χ1v) is 9.53. The average Bonchev–Trinajstić information content (AvgIpc) is 3.20. The molecule has 7 nitrogen and oxygen atoms in total. The predicted octanol–water partition coefficient (Wildman–Crippen LogP) is 2.09. The van der Waals surface area contributed by atoms with E-state index in [-0.39, 0.29) is 11.8 Å². The van der Waals surface area contributed by atoms with Crippen LogP contribution >= 0.6 is 0 Å². The molecule has 0 aliphatic carbocycles. The first-order valence-electron chi connectivity index (χ1n) is 9.53. The van der Waals surface area contributed by atoms with E-state index >= 15 is 0 Å². The molecule has 4 rings (SSSR count). The molecular weight excluding hydrogens is 340 g/mol. The van der Waals surface area contributed by atoms with E-state index < -0.39 is 0 Å². The number of hydrogen-bond donors (Lipinski definition) is 1. The van der Waals surface area contributed by atoms with E-state index in [1.807, 2.05) is 18.2 Å². The minimum absolute atomic E-state index is 0.0941. The maximum atomic E-state index is 12.4. The molecule has 1 saturated heterocycles. The van der Waals surface area contributed by atoms with Crippen LogP contribution in [0.2, 0.25) is 0 Å². The van der Waals surface area contributed by atoms with Crippen LogP contribution in [0.3, 0.4) is 0 Å². The third kappa shape index (κ3) is 4.24. The lowest BCUT2D eigenvalue weighted by Gasteiger charge is -2.32. The zero-order chi connectivity index (χ0) is 18.5. The SMILES string of the molecule is O=C(NCCCc1ccccc1)C1CCN(c2ccc3nncn3n2)CC1. The molecule has 0 bridgehead atoms. The molecule has 3 aromatic rings. The summed E-state index contributed by atoms with van der Waals surface area (Å²) in [5.74, 6) is 1.19. The van der Waals surface area contributed by atoms with Gasteiger partial charge in [-0.3, -0.25) is 4.79 Å². The number of fused-ring (bicyclic) bond motifs is 1. The Hall–Kier alpha value is -2.96. The lowest BCUT2D eigenvalue weighted by atomic mass is 9.96. The van der Waals surface area contributed by atoms with Gasteiger partial charge in [-0.25, -0.2) is 0 Å². The number of benzene rings is 1. The number of nitrogens with zero attached hydrogens (tertiary/aromatic N) is 5. The Morgan fingerprint density at radius 2 is 1.93 bits per heavy atom. The topological polar surface area (TPSA) is 75.4 Å². The van der Waals surface area contributed by atoms with Crippen LogP contribution in [-0.4, -0.2) is 45.4 Å². The highest BCUT2D eigenvalue weighted by Crippen LogP contribution is 2.22. The molecule has 1 amide bonds. The van der Waals surface area contributed by atoms with Crippen molar-refractivity contribution in [2.45, 2.75) is 25.7 Å². The van der Waals surface area contributed by atoms with Crippen LogP contribution < -0.4 is 10.2 Å². The highest BCUT2D eigenvalue weighted by molar-refractivity contribution is 5.78. The van der Waals surface area contributed by atoms with Gasteiger partial charge in [-0.2, -0.15) is 4.52 Å². The van der Waals surface area contributed by atoms with Crippen LogP contribution in [0.5, 0.6) is 0 Å². The Labute approximate surface area is 158 Å². The van der Waals surface area contributed by atoms with Crippen molar-refractivity contribution in [3.63, 3.8) is 0 Å². The van der Waals surface area contributed by atoms with E-state index in [1.54, 1.807) is 10.8 Å². The van der Waals surface area contributed by atoms with Gasteiger partial charge in [0.15, 0.2) is 5.65 Å². The number of aromatic nitrogens is 4. The van der Waals surface area contributed by atoms with Crippen molar-refractivity contribution in [2.24, 2.45) is 5.92 Å². The number of carbonyl (C=O) groups excluding carboxylic acids is 1. The number of anilines is 1. The summed E-state index contributed by atoms with van der Waals surface area (Å²) in [6.45, 7) is 2.41. The zero-order valence-corrected chi connectivity index (χ0v) is 15.3. The van der Waals surface area contributed by atoms with Gasteiger partial charge in [0.1, 0.15) is 12.1 Å². The fourth-order valence-electron chi connectivity index (χ4n) is 3.55. The summed E-state index contributed by atoms with van der Waals surface area (Å²) >= 11 is 0. The standard InChI is InChI=1S/C20H24N6O/c27-20(21-12-4-7-16-5-2-1-3-6-16)17-10-13-25(14-11-17)19-9-8-18-23-22-15-26(18)24-19/h1-3,5-6,8-9,15,17H,4,7,10-14H2,(H,21,27). The van der Waals surface area contributed by atoms with E-state index in [1.165, 1.54) is 5.56 Å². The van der Waals surface area contributed by atoms with E-state index in [9.17, 15) is 4.79 Å². The van der Waals surface area contributed by atoms with Crippen LogP contribution in [0.15, 0.2) is 48.8 Å². The molecule has 27 heavy (non-hydrogen) atoms. The Kier molecular flexibility index (Phi) is 5.27. The molecule has 0 atom stereocenters. The van der Waals surface area contributed by atoms with Gasteiger partial charge in [0.2, 0.25) is 5.91 Å². The van der Waals surface area contributed by atoms with Gasteiger partial charge < -0.3 is 10.2 Å². The van der Waals surface area contributed by atoms with Crippen LogP contribution in [-0.2, 0) is 11.2 Å². The Balaban J connectivity index is 1.22. The molecule has 0 unspecified atom stereocenters. The number of aryl methyl sites for hydroxylation is 1. The van der Waals surface area contributed by atoms with Crippen molar-refractivity contribution >= 4 is 17.4 Å². The molecule has 1 aliphatic heterocycles. The summed E-state index contributed by atoms with van der Waals surface area (Å²) < 4.78 is 1.68. The third-order valence-corrected chi connectivity index (χ3v) is 5.12. The molecule has 0 radical (unpaired) electrons. The quantitative estimate of drug-likeness (QED) is 0.678. The van der Waals surface area contributed by atoms with Crippen molar-refractivity contribution in [1.82, 2.24) is 25.1 Å². The number of amides is 1. The number of carbonyl (C=O) groups is 1. The highest BCUT2D eigenvalue weighted by Gasteiger charge is 2.25. The zero-order valence-electron chi connectivity index (χ0n) is 15.3. The Bertz CT molecular complexity index is 886. The normalized spacial score (nSPS) is 15.2. The van der Waals surface area contributed by atoms with Crippen molar-refractivity contribution < 1.29 is 4.79 Å². The molecular formula is C20H24N6O. The molecule has 7 heteroatoms. The highest BCUT2D eigenvalue weighted by atomic mass is 16.1. The van der Waals surface area contributed by atoms with Gasteiger partial charge in [-0.05, 0) is 43.4 Å². The van der Waals surface area contributed by atoms with Crippen molar-refractivity contribution in [1.29, 1.82) is 0 Å². The summed E-state index contributed by atoms with van der Waals surface area (Å²) in [4.78, 5) is 14.6. The number of rotatable bonds is 6. The summed E-state index contributed by atoms with van der Waals surface area (Å²) in [6.07, 6.45) is 5.28. The molecule has 140 valence electrons. The Morgan fingerprint density at radius 1 is 1.11 bits per heavy atom. The third-order valence-electron chi connectivity index (χ3n) is 5.12. The number of hydrogen-bond acceptors (Lipinski definition) is 5. The number of piperidine rings is 1. The Morgan fingerprint density at radius 3 is 2.74 bits per heavy atom. The molecule has 0 saturated carbocycles. The van der Waals surface area contributed by atoms with Gasteiger partial charge in [-0.15, -0.1) is 15.3 Å². The molecule has 0 spiro atoms. The van der Waals surface area contributed by atoms with E-state index in [4.69, 9.17) is 0 Å². The molecule has 1 fully saturated rings. The molecule has 1 aliphatic rings. The van der Waals surface area contributed by atoms with Gasteiger partial charge in [0.25, 0.3) is 0 Å². The fourth-order valence-corrected chi connectivity index (χ4v) is 3.55. The molecule has 1 aromatic carbocycles. The largest absolute Gasteiger partial charge is 0.356 e. The lowest BCUT2D eigenvalue weighted by Crippen LogP contribution is -2.41. The maximum Gasteiger partial charge on any atom is 0.223 e. The predicted molar refractivity (Wildman–Crippen MR) is 103 cm³/mol. The monoisotopic (exact) mass is 364 g/mol. The van der Waals surface area contributed by atoms with E-state index in [0.717, 1.165) is 56.8 Å². The van der Waals surface area contributed by atoms with Gasteiger partial charge in [0.05, 0.1) is 0 Å². The van der Waals surface area contributed by atoms with Crippen LogP contribution in [0, 0.1) is 5.92 Å². The molecule has 2 aromatic heterocycles. The van der Waals surface area contributed by atoms with Crippen molar-refractivity contribution in [2.75, 3.05) is 24.5 Å². The average molecular weight is 364 g/mol. The number of nitrogens with one attached hydrogen (secondary N) is 1. The molecule has 1 N–H and O–H groups in total. The first-order chi connectivity index (χ1) is 13.3. The van der Waals surface area contributed by atoms with E-state index in [2.05, 4.69) is 49.8 Å². The second kappa shape index (κ2) is 8.16. The first kappa shape index (κ1) is 17.5. The fraction of sp³-hybridized carbons (Fsp3) is 0.400. The minimum atomic E-state index is 0.0941. The summed E-state index contributed by atoms with van der Waals surface area (Å²) in [6, 6.07) is 14.3.